The van der Waals surface area contributed by atoms with E-state index in [1.165, 1.54) is 0 Å². The molecule has 4 rings (SSSR count). The standard InChI is InChI=1S/C26H37N3O4S/c1-3-4-14-27-23(32)21-26-13-12-25(2,34-26)19(20(26)24(33)29(21)15-8-9-16-30)22(31)28-17-18-10-6-5-7-11-18/h5-7,10-11,19-21,30H,3-4,8-9,12-17H2,1-2H3,(H,27,32)(H,28,31)/t19-,20+,21?,25+,26?/m1/s1. The summed E-state index contributed by atoms with van der Waals surface area (Å²) in [6.07, 6.45) is 4.66. The van der Waals surface area contributed by atoms with E-state index in [1.54, 1.807) is 16.7 Å². The van der Waals surface area contributed by atoms with E-state index in [4.69, 9.17) is 0 Å². The first-order valence-corrected chi connectivity index (χ1v) is 13.4. The largest absolute Gasteiger partial charge is 0.396 e. The molecule has 0 saturated carbocycles. The second-order valence-corrected chi connectivity index (χ2v) is 11.9. The third-order valence-corrected chi connectivity index (χ3v) is 9.74. The molecule has 3 heterocycles. The van der Waals surface area contributed by atoms with Gasteiger partial charge in [-0.25, -0.2) is 0 Å². The van der Waals surface area contributed by atoms with Gasteiger partial charge < -0.3 is 20.6 Å². The molecule has 3 saturated heterocycles. The number of fused-ring (bicyclic) bond motifs is 1. The predicted molar refractivity (Wildman–Crippen MR) is 133 cm³/mol. The Morgan fingerprint density at radius 3 is 2.59 bits per heavy atom. The highest BCUT2D eigenvalue weighted by atomic mass is 32.2. The van der Waals surface area contributed by atoms with Gasteiger partial charge in [-0.3, -0.25) is 14.4 Å². The second kappa shape index (κ2) is 10.3. The first kappa shape index (κ1) is 25.0. The van der Waals surface area contributed by atoms with Crippen LogP contribution in [0, 0.1) is 11.8 Å². The van der Waals surface area contributed by atoms with Crippen LogP contribution < -0.4 is 10.6 Å². The number of nitrogens with one attached hydrogen (secondary N) is 2. The van der Waals surface area contributed by atoms with Crippen LogP contribution in [0.25, 0.3) is 0 Å². The maximum Gasteiger partial charge on any atom is 0.244 e. The zero-order chi connectivity index (χ0) is 24.3. The molecule has 8 heteroatoms. The molecular weight excluding hydrogens is 450 g/mol. The van der Waals surface area contributed by atoms with Crippen molar-refractivity contribution in [2.45, 2.75) is 74.5 Å². The molecule has 0 aliphatic carbocycles. The first-order chi connectivity index (χ1) is 16.4. The molecule has 5 atom stereocenters. The van der Waals surface area contributed by atoms with E-state index in [2.05, 4.69) is 24.5 Å². The minimum absolute atomic E-state index is 0.0568. The predicted octanol–water partition coefficient (Wildman–Crippen LogP) is 2.47. The monoisotopic (exact) mass is 487 g/mol. The van der Waals surface area contributed by atoms with Gasteiger partial charge in [-0.1, -0.05) is 43.7 Å². The topological polar surface area (TPSA) is 98.7 Å². The molecule has 2 bridgehead atoms. The van der Waals surface area contributed by atoms with Crippen molar-refractivity contribution in [3.05, 3.63) is 35.9 Å². The van der Waals surface area contributed by atoms with Gasteiger partial charge in [0.05, 0.1) is 16.6 Å². The fourth-order valence-corrected chi connectivity index (χ4v) is 8.50. The van der Waals surface area contributed by atoms with Crippen molar-refractivity contribution in [2.24, 2.45) is 11.8 Å². The summed E-state index contributed by atoms with van der Waals surface area (Å²) in [5.41, 5.74) is 1.02. The molecule has 2 unspecified atom stereocenters. The Balaban J connectivity index is 1.59. The highest BCUT2D eigenvalue weighted by molar-refractivity contribution is 8.02. The molecule has 0 aromatic heterocycles. The lowest BCUT2D eigenvalue weighted by molar-refractivity contribution is -0.140. The van der Waals surface area contributed by atoms with Gasteiger partial charge in [0.15, 0.2) is 0 Å². The molecule has 1 spiro atoms. The number of hydrogen-bond acceptors (Lipinski definition) is 5. The molecule has 3 amide bonds. The number of rotatable bonds is 11. The minimum Gasteiger partial charge on any atom is -0.396 e. The molecule has 3 aliphatic heterocycles. The van der Waals surface area contributed by atoms with Crippen LogP contribution in [0.3, 0.4) is 0 Å². The Morgan fingerprint density at radius 2 is 1.88 bits per heavy atom. The van der Waals surface area contributed by atoms with Crippen LogP contribution in [0.2, 0.25) is 0 Å². The Labute approximate surface area is 206 Å². The van der Waals surface area contributed by atoms with Crippen LogP contribution in [0.4, 0.5) is 0 Å². The third kappa shape index (κ3) is 4.35. The van der Waals surface area contributed by atoms with Crippen LogP contribution in [-0.2, 0) is 20.9 Å². The number of likely N-dealkylation sites (tertiary alicyclic amines) is 1. The molecular formula is C26H37N3O4S. The van der Waals surface area contributed by atoms with Gasteiger partial charge in [-0.15, -0.1) is 11.8 Å². The molecule has 7 nitrogen and oxygen atoms in total. The van der Waals surface area contributed by atoms with E-state index < -0.39 is 22.6 Å². The van der Waals surface area contributed by atoms with Crippen molar-refractivity contribution in [3.63, 3.8) is 0 Å². The van der Waals surface area contributed by atoms with E-state index in [9.17, 15) is 19.5 Å². The van der Waals surface area contributed by atoms with Crippen molar-refractivity contribution in [1.29, 1.82) is 0 Å². The minimum atomic E-state index is -0.573. The lowest BCUT2D eigenvalue weighted by atomic mass is 9.66. The number of aliphatic hydroxyl groups is 1. The van der Waals surface area contributed by atoms with E-state index >= 15 is 0 Å². The zero-order valence-corrected chi connectivity index (χ0v) is 21.0. The van der Waals surface area contributed by atoms with Gasteiger partial charge in [0.2, 0.25) is 17.7 Å². The van der Waals surface area contributed by atoms with E-state index in [0.29, 0.717) is 32.5 Å². The average molecular weight is 488 g/mol. The Kier molecular flexibility index (Phi) is 7.57. The fraction of sp³-hybridized carbons (Fsp3) is 0.654. The number of nitrogens with zero attached hydrogens (tertiary/aromatic N) is 1. The van der Waals surface area contributed by atoms with E-state index in [-0.39, 0.29) is 29.1 Å². The maximum atomic E-state index is 13.8. The summed E-state index contributed by atoms with van der Waals surface area (Å²) >= 11 is 1.70. The van der Waals surface area contributed by atoms with Gasteiger partial charge in [-0.2, -0.15) is 0 Å². The van der Waals surface area contributed by atoms with Gasteiger partial charge in [0.1, 0.15) is 6.04 Å². The second-order valence-electron chi connectivity index (χ2n) is 10.0. The van der Waals surface area contributed by atoms with Crippen molar-refractivity contribution < 1.29 is 19.5 Å². The summed E-state index contributed by atoms with van der Waals surface area (Å²) in [6, 6.07) is 9.20. The molecule has 1 aromatic carbocycles. The van der Waals surface area contributed by atoms with Crippen molar-refractivity contribution in [2.75, 3.05) is 19.7 Å². The summed E-state index contributed by atoms with van der Waals surface area (Å²) in [5, 5.41) is 15.4. The van der Waals surface area contributed by atoms with Crippen LogP contribution in [0.5, 0.6) is 0 Å². The number of carbonyl (C=O) groups is 3. The number of thioether (sulfide) groups is 1. The number of benzene rings is 1. The van der Waals surface area contributed by atoms with Crippen molar-refractivity contribution in [3.8, 4) is 0 Å². The van der Waals surface area contributed by atoms with Gasteiger partial charge >= 0.3 is 0 Å². The summed E-state index contributed by atoms with van der Waals surface area (Å²) in [6.45, 7) is 5.67. The Hall–Kier alpha value is -2.06. The first-order valence-electron chi connectivity index (χ1n) is 12.6. The summed E-state index contributed by atoms with van der Waals surface area (Å²) in [4.78, 5) is 42.5. The van der Waals surface area contributed by atoms with Crippen LogP contribution in [0.15, 0.2) is 30.3 Å². The van der Waals surface area contributed by atoms with Crippen molar-refractivity contribution in [1.82, 2.24) is 15.5 Å². The highest BCUT2D eigenvalue weighted by Crippen LogP contribution is 2.71. The zero-order valence-electron chi connectivity index (χ0n) is 20.2. The smallest absolute Gasteiger partial charge is 0.244 e. The Morgan fingerprint density at radius 1 is 1.12 bits per heavy atom. The fourth-order valence-electron chi connectivity index (χ4n) is 6.14. The molecule has 34 heavy (non-hydrogen) atoms. The number of amides is 3. The average Bonchev–Trinajstić information content (AvgIpc) is 3.39. The summed E-state index contributed by atoms with van der Waals surface area (Å²) < 4.78 is -0.934. The summed E-state index contributed by atoms with van der Waals surface area (Å²) in [5.74, 6) is -1.24. The normalized spacial score (nSPS) is 31.6. The number of unbranched alkanes of at least 4 members (excludes halogenated alkanes) is 2. The molecule has 3 fully saturated rings. The molecule has 1 aromatic rings. The molecule has 3 N–H and O–H groups in total. The quantitative estimate of drug-likeness (QED) is 0.417. The number of hydrogen-bond donors (Lipinski definition) is 3. The van der Waals surface area contributed by atoms with Crippen LogP contribution in [0.1, 0.15) is 57.9 Å². The SMILES string of the molecule is CCCCNC(=O)C1N(CCCCO)C(=O)[C@@H]2[C@H](C(=O)NCc3ccccc3)[C@]3(C)CCC12S3. The number of carbonyl (C=O) groups excluding carboxylic acids is 3. The maximum absolute atomic E-state index is 13.8. The highest BCUT2D eigenvalue weighted by Gasteiger charge is 2.76. The lowest BCUT2D eigenvalue weighted by Crippen LogP contribution is -2.54. The van der Waals surface area contributed by atoms with Gasteiger partial charge in [0.25, 0.3) is 0 Å². The van der Waals surface area contributed by atoms with Crippen LogP contribution >= 0.6 is 11.8 Å². The Bertz CT molecular complexity index is 913. The van der Waals surface area contributed by atoms with Gasteiger partial charge in [0, 0.05) is 31.0 Å². The molecule has 0 radical (unpaired) electrons. The third-order valence-electron chi connectivity index (χ3n) is 7.75. The van der Waals surface area contributed by atoms with E-state index in [1.807, 2.05) is 30.3 Å². The van der Waals surface area contributed by atoms with Gasteiger partial charge in [-0.05, 0) is 44.6 Å². The van der Waals surface area contributed by atoms with E-state index in [0.717, 1.165) is 31.2 Å². The van der Waals surface area contributed by atoms with Crippen LogP contribution in [-0.4, -0.2) is 63.0 Å². The molecule has 186 valence electrons. The number of aliphatic hydroxyl groups excluding tert-OH is 1. The lowest BCUT2D eigenvalue weighted by Gasteiger charge is -2.34. The van der Waals surface area contributed by atoms with Crippen molar-refractivity contribution >= 4 is 29.5 Å². The molecule has 3 aliphatic rings. The summed E-state index contributed by atoms with van der Waals surface area (Å²) in [7, 11) is 0.